The third-order valence-corrected chi connectivity index (χ3v) is 7.60. The number of alkyl halides is 2. The molecule has 2 heterocycles. The zero-order valence-corrected chi connectivity index (χ0v) is 24.3. The Morgan fingerprint density at radius 2 is 1.63 bits per heavy atom. The highest BCUT2D eigenvalue weighted by atomic mass is 19.3. The number of hydrogen-bond acceptors (Lipinski definition) is 6. The van der Waals surface area contributed by atoms with Crippen LogP contribution in [0.25, 0.3) is 0 Å². The van der Waals surface area contributed by atoms with E-state index in [1.54, 1.807) is 42.5 Å². The largest absolute Gasteiger partial charge is 0.478 e. The Balaban J connectivity index is 1.47. The number of carboxylic acid groups (broad SMARTS) is 1. The number of likely N-dealkylation sites (tertiary alicyclic amines) is 1. The predicted octanol–water partition coefficient (Wildman–Crippen LogP) is 3.05. The molecule has 0 aliphatic carbocycles. The van der Waals surface area contributed by atoms with Gasteiger partial charge in [0.05, 0.1) is 5.56 Å². The zero-order valence-electron chi connectivity index (χ0n) is 24.3. The Bertz CT molecular complexity index is 1570. The van der Waals surface area contributed by atoms with Crippen molar-refractivity contribution >= 4 is 29.5 Å². The highest BCUT2D eigenvalue weighted by Crippen LogP contribution is 2.32. The minimum Gasteiger partial charge on any atom is -0.478 e. The summed E-state index contributed by atoms with van der Waals surface area (Å²) in [5, 5.41) is 13.5. The Morgan fingerprint density at radius 1 is 0.978 bits per heavy atom. The minimum absolute atomic E-state index is 0.00742. The number of aromatic carboxylic acids is 1. The summed E-state index contributed by atoms with van der Waals surface area (Å²) in [4.78, 5) is 68.6. The molecule has 3 atom stereocenters. The van der Waals surface area contributed by atoms with E-state index in [-0.39, 0.29) is 25.3 Å². The van der Waals surface area contributed by atoms with Crippen molar-refractivity contribution < 1.29 is 46.6 Å². The maximum atomic E-state index is 14.3. The fourth-order valence-electron chi connectivity index (χ4n) is 5.27. The first-order chi connectivity index (χ1) is 21.9. The molecule has 4 rings (SSSR count). The summed E-state index contributed by atoms with van der Waals surface area (Å²) in [7, 11) is 0. The Labute approximate surface area is 260 Å². The third kappa shape index (κ3) is 8.52. The number of pyridine rings is 1. The third-order valence-electron chi connectivity index (χ3n) is 7.60. The van der Waals surface area contributed by atoms with Crippen molar-refractivity contribution in [3.05, 3.63) is 101 Å². The number of ketones is 1. The number of amides is 3. The number of aromatic nitrogens is 1. The molecule has 1 unspecified atom stereocenters. The summed E-state index contributed by atoms with van der Waals surface area (Å²) < 4.78 is 55.5. The van der Waals surface area contributed by atoms with Gasteiger partial charge in [0.25, 0.3) is 5.91 Å². The molecular weight excluding hydrogens is 612 g/mol. The summed E-state index contributed by atoms with van der Waals surface area (Å²) in [6.07, 6.45) is -1.85. The monoisotopic (exact) mass is 642 g/mol. The average molecular weight is 643 g/mol. The summed E-state index contributed by atoms with van der Waals surface area (Å²) in [6, 6.07) is 10.2. The van der Waals surface area contributed by atoms with Crippen LogP contribution >= 0.6 is 0 Å². The normalized spacial score (nSPS) is 16.6. The first-order valence-electron chi connectivity index (χ1n) is 14.3. The summed E-state index contributed by atoms with van der Waals surface area (Å²) in [5.74, 6) is -7.97. The van der Waals surface area contributed by atoms with Gasteiger partial charge >= 0.3 is 5.97 Å². The summed E-state index contributed by atoms with van der Waals surface area (Å²) in [6.45, 7) is -0.436. The number of nitrogens with zero attached hydrogens (tertiary/aromatic N) is 2. The number of nitrogens with one attached hydrogen (secondary N) is 2. The molecule has 3 aromatic rings. The Hall–Kier alpha value is -5.14. The van der Waals surface area contributed by atoms with Gasteiger partial charge in [-0.3, -0.25) is 24.2 Å². The van der Waals surface area contributed by atoms with Gasteiger partial charge in [0.15, 0.2) is 0 Å². The van der Waals surface area contributed by atoms with Crippen LogP contribution in [0.1, 0.15) is 45.8 Å². The van der Waals surface area contributed by atoms with Crippen LogP contribution < -0.4 is 10.6 Å². The molecule has 0 radical (unpaired) electrons. The van der Waals surface area contributed by atoms with Crippen molar-refractivity contribution in [3.63, 3.8) is 0 Å². The second-order valence-corrected chi connectivity index (χ2v) is 10.7. The Kier molecular flexibility index (Phi) is 11.2. The number of carbonyl (C=O) groups excluding carboxylic acids is 4. The molecule has 0 saturated carbocycles. The zero-order chi connectivity index (χ0) is 33.4. The topological polar surface area (TPSA) is 146 Å². The molecule has 0 bridgehead atoms. The molecule has 10 nitrogen and oxygen atoms in total. The van der Waals surface area contributed by atoms with Crippen molar-refractivity contribution in [3.8, 4) is 0 Å². The minimum atomic E-state index is -3.03. The molecule has 14 heteroatoms. The quantitative estimate of drug-likeness (QED) is 0.192. The SMILES string of the molecule is O=C(Cc1ccncc1)C(=O)N1C[C@H](c2ccccc2)CC1C(=O)N[C@@H](CC(F)F)C(=O)NCCc1c(F)cc(C(=O)O)cc1F. The van der Waals surface area contributed by atoms with Crippen LogP contribution in [-0.4, -0.2) is 76.1 Å². The fraction of sp³-hybridized carbons (Fsp3) is 0.312. The van der Waals surface area contributed by atoms with Gasteiger partial charge in [-0.15, -0.1) is 0 Å². The molecule has 2 aromatic carbocycles. The molecule has 3 amide bonds. The Morgan fingerprint density at radius 3 is 2.24 bits per heavy atom. The van der Waals surface area contributed by atoms with Crippen LogP contribution in [0.15, 0.2) is 67.0 Å². The number of carboxylic acids is 1. The van der Waals surface area contributed by atoms with E-state index in [4.69, 9.17) is 5.11 Å². The van der Waals surface area contributed by atoms with Crippen LogP contribution in [0.3, 0.4) is 0 Å². The van der Waals surface area contributed by atoms with Gasteiger partial charge < -0.3 is 20.6 Å². The molecular formula is C32H30F4N4O6. The lowest BCUT2D eigenvalue weighted by Gasteiger charge is -2.26. The molecule has 242 valence electrons. The highest BCUT2D eigenvalue weighted by molar-refractivity contribution is 6.37. The molecule has 1 aromatic heterocycles. The molecule has 46 heavy (non-hydrogen) atoms. The van der Waals surface area contributed by atoms with Crippen LogP contribution in [-0.2, 0) is 32.0 Å². The first-order valence-corrected chi connectivity index (χ1v) is 14.3. The molecule has 3 N–H and O–H groups in total. The van der Waals surface area contributed by atoms with Gasteiger partial charge in [-0.25, -0.2) is 22.4 Å². The lowest BCUT2D eigenvalue weighted by atomic mass is 9.96. The lowest BCUT2D eigenvalue weighted by molar-refractivity contribution is -0.147. The van der Waals surface area contributed by atoms with E-state index in [2.05, 4.69) is 15.6 Å². The highest BCUT2D eigenvalue weighted by Gasteiger charge is 2.43. The van der Waals surface area contributed by atoms with Gasteiger partial charge in [-0.05, 0) is 48.2 Å². The maximum Gasteiger partial charge on any atom is 0.335 e. The number of hydrogen-bond donors (Lipinski definition) is 3. The van der Waals surface area contributed by atoms with Gasteiger partial charge in [-0.1, -0.05) is 30.3 Å². The van der Waals surface area contributed by atoms with E-state index in [9.17, 15) is 41.5 Å². The van der Waals surface area contributed by atoms with Gasteiger partial charge in [0, 0.05) is 49.8 Å². The summed E-state index contributed by atoms with van der Waals surface area (Å²) in [5.41, 5.74) is 0.174. The van der Waals surface area contributed by atoms with Crippen LogP contribution in [0.4, 0.5) is 17.6 Å². The second kappa shape index (κ2) is 15.2. The van der Waals surface area contributed by atoms with E-state index in [0.717, 1.165) is 10.5 Å². The van der Waals surface area contributed by atoms with Crippen LogP contribution in [0, 0.1) is 11.6 Å². The number of benzene rings is 2. The molecule has 1 aliphatic heterocycles. The smallest absolute Gasteiger partial charge is 0.335 e. The van der Waals surface area contributed by atoms with Gasteiger partial charge in [-0.2, -0.15) is 0 Å². The predicted molar refractivity (Wildman–Crippen MR) is 155 cm³/mol. The van der Waals surface area contributed by atoms with Crippen LogP contribution in [0.5, 0.6) is 0 Å². The second-order valence-electron chi connectivity index (χ2n) is 10.7. The standard InChI is InChI=1S/C32H30F4N4O6/c33-23-13-20(32(45)46)14-24(34)22(23)8-11-38-29(42)25(16-28(35)36)39-30(43)26-15-21(19-4-2-1-3-5-19)17-40(26)31(44)27(41)12-18-6-9-37-10-7-18/h1-7,9-10,13-14,21,25-26,28H,8,11-12,15-17H2,(H,38,42)(H,39,43)(H,45,46)/t21-,25+,26?/m1/s1. The summed E-state index contributed by atoms with van der Waals surface area (Å²) >= 11 is 0. The maximum absolute atomic E-state index is 14.3. The van der Waals surface area contributed by atoms with Gasteiger partial charge in [0.2, 0.25) is 24.0 Å². The lowest BCUT2D eigenvalue weighted by Crippen LogP contribution is -2.54. The van der Waals surface area contributed by atoms with E-state index in [1.165, 1.54) is 12.4 Å². The molecule has 1 saturated heterocycles. The first kappa shape index (κ1) is 33.7. The van der Waals surface area contributed by atoms with Crippen LogP contribution in [0.2, 0.25) is 0 Å². The number of Topliss-reactive ketones (excluding diaryl/α,β-unsaturated/α-hetero) is 1. The van der Waals surface area contributed by atoms with Crippen molar-refractivity contribution in [2.24, 2.45) is 0 Å². The number of halogens is 4. The van der Waals surface area contributed by atoms with E-state index >= 15 is 0 Å². The van der Waals surface area contributed by atoms with Crippen molar-refractivity contribution in [1.29, 1.82) is 0 Å². The van der Waals surface area contributed by atoms with Crippen molar-refractivity contribution in [2.45, 2.75) is 50.1 Å². The molecule has 1 fully saturated rings. The van der Waals surface area contributed by atoms with Gasteiger partial charge in [0.1, 0.15) is 23.7 Å². The number of rotatable bonds is 13. The van der Waals surface area contributed by atoms with Crippen molar-refractivity contribution in [2.75, 3.05) is 13.1 Å². The van der Waals surface area contributed by atoms with E-state index in [1.807, 2.05) is 0 Å². The molecule has 1 aliphatic rings. The molecule has 0 spiro atoms. The number of carbonyl (C=O) groups is 5. The van der Waals surface area contributed by atoms with Crippen molar-refractivity contribution in [1.82, 2.24) is 20.5 Å². The fourth-order valence-corrected chi connectivity index (χ4v) is 5.27. The average Bonchev–Trinajstić information content (AvgIpc) is 3.48. The van der Waals surface area contributed by atoms with E-state index in [0.29, 0.717) is 17.7 Å². The van der Waals surface area contributed by atoms with E-state index < -0.39 is 90.1 Å².